The summed E-state index contributed by atoms with van der Waals surface area (Å²) >= 11 is 0. The molecule has 2 aliphatic heterocycles. The lowest BCUT2D eigenvalue weighted by molar-refractivity contribution is -0.0180. The Kier molecular flexibility index (Phi) is 5.11. The number of ether oxygens (including phenoxy) is 1. The third-order valence-electron chi connectivity index (χ3n) is 6.30. The number of urea groups is 1. The van der Waals surface area contributed by atoms with Crippen LogP contribution in [-0.4, -0.2) is 42.2 Å². The second-order valence-corrected chi connectivity index (χ2v) is 8.72. The van der Waals surface area contributed by atoms with Crippen molar-refractivity contribution in [1.29, 1.82) is 0 Å². The van der Waals surface area contributed by atoms with E-state index < -0.39 is 0 Å². The molecule has 1 aromatic carbocycles. The van der Waals surface area contributed by atoms with Crippen LogP contribution >= 0.6 is 0 Å². The lowest BCUT2D eigenvalue weighted by atomic mass is 9.72. The van der Waals surface area contributed by atoms with Crippen molar-refractivity contribution < 1.29 is 9.53 Å². The van der Waals surface area contributed by atoms with Gasteiger partial charge in [-0.05, 0) is 30.0 Å². The van der Waals surface area contributed by atoms with Gasteiger partial charge in [-0.3, -0.25) is 4.98 Å². The predicted octanol–water partition coefficient (Wildman–Crippen LogP) is 3.92. The van der Waals surface area contributed by atoms with Gasteiger partial charge in [0, 0.05) is 49.5 Å². The van der Waals surface area contributed by atoms with Gasteiger partial charge in [0.1, 0.15) is 0 Å². The van der Waals surface area contributed by atoms with Gasteiger partial charge in [-0.25, -0.2) is 4.79 Å². The molecule has 3 heterocycles. The van der Waals surface area contributed by atoms with Gasteiger partial charge in [0.2, 0.25) is 0 Å². The summed E-state index contributed by atoms with van der Waals surface area (Å²) in [7, 11) is 0. The molecule has 1 unspecified atom stereocenters. The molecule has 1 N–H and O–H groups in total. The first-order valence-corrected chi connectivity index (χ1v) is 10.1. The van der Waals surface area contributed by atoms with Gasteiger partial charge in [0.15, 0.2) is 0 Å². The van der Waals surface area contributed by atoms with Crippen molar-refractivity contribution >= 4 is 6.03 Å². The standard InChI is InChI=1S/C23H29N3O2/c1-22(2)17-26(20(22)18-7-6-12-24-15-18)21(27)25-16-23(10-13-28-14-11-23)19-8-4-3-5-9-19/h3-9,12,15,20H,10-11,13-14,16-17H2,1-2H3,(H,25,27). The monoisotopic (exact) mass is 379 g/mol. The van der Waals surface area contributed by atoms with Gasteiger partial charge in [-0.1, -0.05) is 50.2 Å². The smallest absolute Gasteiger partial charge is 0.317 e. The summed E-state index contributed by atoms with van der Waals surface area (Å²) < 4.78 is 5.60. The second kappa shape index (κ2) is 7.55. The summed E-state index contributed by atoms with van der Waals surface area (Å²) in [6.45, 7) is 7.27. The second-order valence-electron chi connectivity index (χ2n) is 8.72. The highest BCUT2D eigenvalue weighted by molar-refractivity contribution is 5.76. The van der Waals surface area contributed by atoms with Gasteiger partial charge in [-0.2, -0.15) is 0 Å². The fraction of sp³-hybridized carbons (Fsp3) is 0.478. The zero-order chi connectivity index (χ0) is 19.6. The molecular weight excluding hydrogens is 350 g/mol. The average Bonchev–Trinajstić information content (AvgIpc) is 2.72. The Morgan fingerprint density at radius 2 is 1.93 bits per heavy atom. The maximum Gasteiger partial charge on any atom is 0.317 e. The van der Waals surface area contributed by atoms with E-state index in [1.54, 1.807) is 6.20 Å². The van der Waals surface area contributed by atoms with Crippen molar-refractivity contribution in [3.63, 3.8) is 0 Å². The van der Waals surface area contributed by atoms with Crippen LogP contribution in [0.15, 0.2) is 54.9 Å². The van der Waals surface area contributed by atoms with Crippen molar-refractivity contribution in [3.8, 4) is 0 Å². The SMILES string of the molecule is CC1(C)CN(C(=O)NCC2(c3ccccc3)CCOCC2)C1c1cccnc1. The van der Waals surface area contributed by atoms with Crippen LogP contribution in [-0.2, 0) is 10.2 Å². The molecule has 0 bridgehead atoms. The van der Waals surface area contributed by atoms with E-state index in [-0.39, 0.29) is 22.9 Å². The molecule has 2 fully saturated rings. The Morgan fingerprint density at radius 1 is 1.18 bits per heavy atom. The number of hydrogen-bond acceptors (Lipinski definition) is 3. The number of nitrogens with zero attached hydrogens (tertiary/aromatic N) is 2. The number of benzene rings is 1. The highest BCUT2D eigenvalue weighted by Gasteiger charge is 2.49. The van der Waals surface area contributed by atoms with E-state index in [1.165, 1.54) is 5.56 Å². The number of carbonyl (C=O) groups is 1. The summed E-state index contributed by atoms with van der Waals surface area (Å²) in [6.07, 6.45) is 5.49. The molecule has 1 atom stereocenters. The highest BCUT2D eigenvalue weighted by atomic mass is 16.5. The highest BCUT2D eigenvalue weighted by Crippen LogP contribution is 2.48. The molecule has 5 nitrogen and oxygen atoms in total. The lowest BCUT2D eigenvalue weighted by Gasteiger charge is -2.54. The molecule has 28 heavy (non-hydrogen) atoms. The zero-order valence-corrected chi connectivity index (χ0v) is 16.7. The molecular formula is C23H29N3O2. The summed E-state index contributed by atoms with van der Waals surface area (Å²) in [5.41, 5.74) is 2.37. The first kappa shape index (κ1) is 18.9. The molecule has 2 aromatic rings. The van der Waals surface area contributed by atoms with E-state index >= 15 is 0 Å². The van der Waals surface area contributed by atoms with E-state index in [0.717, 1.165) is 38.2 Å². The molecule has 2 amide bonds. The molecule has 1 aromatic heterocycles. The number of aromatic nitrogens is 1. The van der Waals surface area contributed by atoms with Crippen LogP contribution in [0.4, 0.5) is 4.79 Å². The van der Waals surface area contributed by atoms with Crippen LogP contribution in [0.3, 0.4) is 0 Å². The van der Waals surface area contributed by atoms with Crippen LogP contribution in [0, 0.1) is 5.41 Å². The first-order valence-electron chi connectivity index (χ1n) is 10.1. The van der Waals surface area contributed by atoms with Crippen molar-refractivity contribution in [2.75, 3.05) is 26.3 Å². The van der Waals surface area contributed by atoms with Crippen LogP contribution < -0.4 is 5.32 Å². The van der Waals surface area contributed by atoms with Gasteiger partial charge in [0.05, 0.1) is 6.04 Å². The van der Waals surface area contributed by atoms with Crippen LogP contribution in [0.2, 0.25) is 0 Å². The number of pyridine rings is 1. The quantitative estimate of drug-likeness (QED) is 0.876. The molecule has 2 saturated heterocycles. The maximum atomic E-state index is 13.1. The summed E-state index contributed by atoms with van der Waals surface area (Å²) in [5, 5.41) is 3.24. The van der Waals surface area contributed by atoms with Crippen LogP contribution in [0.5, 0.6) is 0 Å². The number of rotatable bonds is 4. The number of nitrogens with one attached hydrogen (secondary N) is 1. The fourth-order valence-corrected chi connectivity index (χ4v) is 4.75. The molecule has 0 saturated carbocycles. The van der Waals surface area contributed by atoms with Crippen molar-refractivity contribution in [3.05, 3.63) is 66.0 Å². The summed E-state index contributed by atoms with van der Waals surface area (Å²) in [4.78, 5) is 19.3. The Labute approximate surface area is 167 Å². The van der Waals surface area contributed by atoms with E-state index in [1.807, 2.05) is 23.2 Å². The molecule has 148 valence electrons. The van der Waals surface area contributed by atoms with Gasteiger partial charge < -0.3 is 15.0 Å². The number of amides is 2. The van der Waals surface area contributed by atoms with E-state index in [0.29, 0.717) is 6.54 Å². The van der Waals surface area contributed by atoms with Crippen LogP contribution in [0.25, 0.3) is 0 Å². The molecule has 0 aliphatic carbocycles. The van der Waals surface area contributed by atoms with Crippen molar-refractivity contribution in [1.82, 2.24) is 15.2 Å². The Bertz CT molecular complexity index is 801. The largest absolute Gasteiger partial charge is 0.381 e. The van der Waals surface area contributed by atoms with E-state index in [9.17, 15) is 4.79 Å². The van der Waals surface area contributed by atoms with Gasteiger partial charge in [-0.15, -0.1) is 0 Å². The molecule has 2 aliphatic rings. The van der Waals surface area contributed by atoms with Gasteiger partial charge in [0.25, 0.3) is 0 Å². The fourth-order valence-electron chi connectivity index (χ4n) is 4.75. The Morgan fingerprint density at radius 3 is 2.57 bits per heavy atom. The normalized spacial score (nSPS) is 22.9. The lowest BCUT2D eigenvalue weighted by Crippen LogP contribution is -2.61. The van der Waals surface area contributed by atoms with Crippen molar-refractivity contribution in [2.45, 2.75) is 38.1 Å². The molecule has 0 radical (unpaired) electrons. The van der Waals surface area contributed by atoms with Crippen molar-refractivity contribution in [2.24, 2.45) is 5.41 Å². The predicted molar refractivity (Wildman–Crippen MR) is 109 cm³/mol. The van der Waals surface area contributed by atoms with E-state index in [4.69, 9.17) is 4.74 Å². The number of carbonyl (C=O) groups excluding carboxylic acids is 1. The Hall–Kier alpha value is -2.40. The maximum absolute atomic E-state index is 13.1. The van der Waals surface area contributed by atoms with E-state index in [2.05, 4.69) is 54.5 Å². The number of likely N-dealkylation sites (tertiary alicyclic amines) is 1. The molecule has 5 heteroatoms. The summed E-state index contributed by atoms with van der Waals surface area (Å²) in [6, 6.07) is 14.6. The minimum atomic E-state index is -0.0562. The minimum Gasteiger partial charge on any atom is -0.381 e. The third-order valence-corrected chi connectivity index (χ3v) is 6.30. The zero-order valence-electron chi connectivity index (χ0n) is 16.7. The minimum absolute atomic E-state index is 0.00924. The Balaban J connectivity index is 1.48. The van der Waals surface area contributed by atoms with Gasteiger partial charge >= 0.3 is 6.03 Å². The van der Waals surface area contributed by atoms with Crippen LogP contribution in [0.1, 0.15) is 43.9 Å². The topological polar surface area (TPSA) is 54.5 Å². The third kappa shape index (κ3) is 3.51. The summed E-state index contributed by atoms with van der Waals surface area (Å²) in [5.74, 6) is 0. The molecule has 4 rings (SSSR count). The average molecular weight is 380 g/mol. The first-order chi connectivity index (χ1) is 13.5. The number of hydrogen-bond donors (Lipinski definition) is 1. The molecule has 0 spiro atoms.